The molecule has 0 bridgehead atoms. The molecule has 106 valence electrons. The maximum absolute atomic E-state index is 12.2. The van der Waals surface area contributed by atoms with Gasteiger partial charge in [-0.25, -0.2) is 8.42 Å². The van der Waals surface area contributed by atoms with Crippen LogP contribution in [0.25, 0.3) is 0 Å². The summed E-state index contributed by atoms with van der Waals surface area (Å²) in [6, 6.07) is 8.51. The van der Waals surface area contributed by atoms with E-state index in [-0.39, 0.29) is 20.6 Å². The largest absolute Gasteiger partial charge is 0.280 e. The molecule has 8 heteroatoms. The van der Waals surface area contributed by atoms with Crippen molar-refractivity contribution >= 4 is 62.1 Å². The van der Waals surface area contributed by atoms with Gasteiger partial charge < -0.3 is 0 Å². The van der Waals surface area contributed by atoms with Crippen molar-refractivity contribution in [2.75, 3.05) is 4.72 Å². The third-order valence-corrected chi connectivity index (χ3v) is 5.19. The fourth-order valence-electron chi connectivity index (χ4n) is 1.46. The number of hydrogen-bond acceptors (Lipinski definition) is 2. The lowest BCUT2D eigenvalue weighted by atomic mass is 10.3. The molecule has 2 aromatic rings. The van der Waals surface area contributed by atoms with Gasteiger partial charge in [0.2, 0.25) is 0 Å². The number of anilines is 1. The van der Waals surface area contributed by atoms with E-state index < -0.39 is 10.0 Å². The van der Waals surface area contributed by atoms with Gasteiger partial charge in [-0.15, -0.1) is 0 Å². The Balaban J connectivity index is 2.38. The first-order valence-electron chi connectivity index (χ1n) is 5.22. The second-order valence-corrected chi connectivity index (χ2v) is 7.12. The molecule has 20 heavy (non-hydrogen) atoms. The Kier molecular flexibility index (Phi) is 4.72. The highest BCUT2D eigenvalue weighted by Gasteiger charge is 2.18. The highest BCUT2D eigenvalue weighted by Crippen LogP contribution is 2.29. The second kappa shape index (κ2) is 6.00. The minimum Gasteiger partial charge on any atom is -0.280 e. The molecule has 0 aliphatic heterocycles. The van der Waals surface area contributed by atoms with Crippen molar-refractivity contribution in [1.29, 1.82) is 0 Å². The van der Waals surface area contributed by atoms with E-state index in [2.05, 4.69) is 4.72 Å². The van der Waals surface area contributed by atoms with Gasteiger partial charge in [-0.05, 0) is 36.4 Å². The quantitative estimate of drug-likeness (QED) is 0.816. The maximum atomic E-state index is 12.2. The van der Waals surface area contributed by atoms with Crippen LogP contribution in [0.4, 0.5) is 5.69 Å². The lowest BCUT2D eigenvalue weighted by Crippen LogP contribution is -2.13. The number of sulfonamides is 1. The summed E-state index contributed by atoms with van der Waals surface area (Å²) >= 11 is 23.2. The third kappa shape index (κ3) is 3.51. The zero-order valence-corrected chi connectivity index (χ0v) is 13.5. The van der Waals surface area contributed by atoms with E-state index in [0.29, 0.717) is 10.0 Å². The van der Waals surface area contributed by atoms with E-state index in [1.165, 1.54) is 36.4 Å². The van der Waals surface area contributed by atoms with Gasteiger partial charge in [0.1, 0.15) is 4.90 Å². The number of halogens is 4. The normalized spacial score (nSPS) is 11.4. The van der Waals surface area contributed by atoms with E-state index in [1.807, 2.05) is 0 Å². The summed E-state index contributed by atoms with van der Waals surface area (Å²) in [6.45, 7) is 0. The van der Waals surface area contributed by atoms with E-state index >= 15 is 0 Å². The van der Waals surface area contributed by atoms with Crippen molar-refractivity contribution in [2.24, 2.45) is 0 Å². The fraction of sp³-hybridized carbons (Fsp3) is 0. The van der Waals surface area contributed by atoms with Crippen LogP contribution in [0.15, 0.2) is 41.3 Å². The number of rotatable bonds is 3. The number of hydrogen-bond donors (Lipinski definition) is 1. The van der Waals surface area contributed by atoms with Gasteiger partial charge in [-0.2, -0.15) is 0 Å². The minimum atomic E-state index is -3.83. The molecule has 0 heterocycles. The van der Waals surface area contributed by atoms with Gasteiger partial charge in [-0.1, -0.05) is 46.4 Å². The lowest BCUT2D eigenvalue weighted by molar-refractivity contribution is 0.601. The number of benzene rings is 2. The molecule has 0 aromatic heterocycles. The predicted molar refractivity (Wildman–Crippen MR) is 83.7 cm³/mol. The molecule has 2 aromatic carbocycles. The summed E-state index contributed by atoms with van der Waals surface area (Å²) in [4.78, 5) is -0.0744. The monoisotopic (exact) mass is 369 g/mol. The molecule has 0 aliphatic rings. The lowest BCUT2D eigenvalue weighted by Gasteiger charge is -2.10. The molecule has 0 atom stereocenters. The molecule has 3 nitrogen and oxygen atoms in total. The summed E-state index contributed by atoms with van der Waals surface area (Å²) in [5, 5.41) is 0.960. The molecule has 0 amide bonds. The first-order valence-corrected chi connectivity index (χ1v) is 8.22. The van der Waals surface area contributed by atoms with Crippen LogP contribution in [0.1, 0.15) is 0 Å². The summed E-state index contributed by atoms with van der Waals surface area (Å²) < 4.78 is 26.8. The van der Waals surface area contributed by atoms with Crippen LogP contribution < -0.4 is 4.72 Å². The van der Waals surface area contributed by atoms with Crippen LogP contribution in [0, 0.1) is 0 Å². The van der Waals surface area contributed by atoms with Gasteiger partial charge >= 0.3 is 0 Å². The zero-order valence-electron chi connectivity index (χ0n) is 9.70. The molecule has 0 saturated heterocycles. The Morgan fingerprint density at radius 2 is 1.50 bits per heavy atom. The van der Waals surface area contributed by atoms with Crippen molar-refractivity contribution < 1.29 is 8.42 Å². The second-order valence-electron chi connectivity index (χ2n) is 3.81. The molecule has 0 spiro atoms. The zero-order chi connectivity index (χ0) is 14.9. The van der Waals surface area contributed by atoms with Crippen molar-refractivity contribution in [2.45, 2.75) is 4.90 Å². The van der Waals surface area contributed by atoms with E-state index in [0.717, 1.165) is 0 Å². The first-order chi connectivity index (χ1) is 9.29. The SMILES string of the molecule is O=S(=O)(Nc1ccc(Cl)c(Cl)c1)c1ccc(Cl)cc1Cl. The standard InChI is InChI=1S/C12H7Cl4NO2S/c13-7-1-4-12(11(16)5-7)20(18,19)17-8-2-3-9(14)10(15)6-8/h1-6,17H. The van der Waals surface area contributed by atoms with E-state index in [1.54, 1.807) is 0 Å². The van der Waals surface area contributed by atoms with Gasteiger partial charge in [0.25, 0.3) is 10.0 Å². The molecule has 0 saturated carbocycles. The highest BCUT2D eigenvalue weighted by atomic mass is 35.5. The summed E-state index contributed by atoms with van der Waals surface area (Å²) in [7, 11) is -3.83. The molecule has 0 fully saturated rings. The Morgan fingerprint density at radius 3 is 2.10 bits per heavy atom. The van der Waals surface area contributed by atoms with Crippen LogP contribution >= 0.6 is 46.4 Å². The highest BCUT2D eigenvalue weighted by molar-refractivity contribution is 7.92. The average molecular weight is 371 g/mol. The van der Waals surface area contributed by atoms with Crippen LogP contribution in [0.3, 0.4) is 0 Å². The van der Waals surface area contributed by atoms with Crippen LogP contribution in [0.5, 0.6) is 0 Å². The minimum absolute atomic E-state index is 0.0325. The molecule has 1 N–H and O–H groups in total. The molecule has 0 radical (unpaired) electrons. The molecular formula is C12H7Cl4NO2S. The van der Waals surface area contributed by atoms with Crippen molar-refractivity contribution in [3.63, 3.8) is 0 Å². The van der Waals surface area contributed by atoms with Crippen molar-refractivity contribution in [1.82, 2.24) is 0 Å². The molecular weight excluding hydrogens is 364 g/mol. The summed E-state index contributed by atoms with van der Waals surface area (Å²) in [6.07, 6.45) is 0. The van der Waals surface area contributed by atoms with Crippen LogP contribution in [-0.2, 0) is 10.0 Å². The van der Waals surface area contributed by atoms with Crippen LogP contribution in [-0.4, -0.2) is 8.42 Å². The van der Waals surface area contributed by atoms with E-state index in [4.69, 9.17) is 46.4 Å². The maximum Gasteiger partial charge on any atom is 0.263 e. The van der Waals surface area contributed by atoms with Gasteiger partial charge in [0.05, 0.1) is 20.8 Å². The van der Waals surface area contributed by atoms with Gasteiger partial charge in [-0.3, -0.25) is 4.72 Å². The Morgan fingerprint density at radius 1 is 0.800 bits per heavy atom. The Labute approximate surface area is 136 Å². The van der Waals surface area contributed by atoms with Crippen molar-refractivity contribution in [3.05, 3.63) is 56.5 Å². The average Bonchev–Trinajstić information content (AvgIpc) is 2.33. The molecule has 2 rings (SSSR count). The topological polar surface area (TPSA) is 46.2 Å². The summed E-state index contributed by atoms with van der Waals surface area (Å²) in [5.74, 6) is 0. The number of nitrogens with one attached hydrogen (secondary N) is 1. The van der Waals surface area contributed by atoms with Gasteiger partial charge in [0.15, 0.2) is 0 Å². The Bertz CT molecular complexity index is 762. The van der Waals surface area contributed by atoms with E-state index in [9.17, 15) is 8.42 Å². The molecule has 0 unspecified atom stereocenters. The third-order valence-electron chi connectivity index (χ3n) is 2.36. The first kappa shape index (κ1) is 15.7. The molecule has 0 aliphatic carbocycles. The fourth-order valence-corrected chi connectivity index (χ4v) is 3.58. The summed E-state index contributed by atoms with van der Waals surface area (Å²) in [5.41, 5.74) is 0.283. The smallest absolute Gasteiger partial charge is 0.263 e. The van der Waals surface area contributed by atoms with Crippen LogP contribution in [0.2, 0.25) is 20.1 Å². The Hall–Kier alpha value is -0.650. The van der Waals surface area contributed by atoms with Gasteiger partial charge in [0, 0.05) is 5.02 Å². The predicted octanol–water partition coefficient (Wildman–Crippen LogP) is 5.10. The van der Waals surface area contributed by atoms with Crippen molar-refractivity contribution in [3.8, 4) is 0 Å².